The maximum atomic E-state index is 13.3. The molecule has 3 nitrogen and oxygen atoms in total. The lowest BCUT2D eigenvalue weighted by Gasteiger charge is -2.06. The van der Waals surface area contributed by atoms with Gasteiger partial charge in [0.2, 0.25) is 0 Å². The van der Waals surface area contributed by atoms with Gasteiger partial charge in [-0.2, -0.15) is 5.10 Å². The Morgan fingerprint density at radius 2 is 2.19 bits per heavy atom. The third-order valence-corrected chi connectivity index (χ3v) is 2.45. The number of hydrogen-bond acceptors (Lipinski definition) is 2. The average molecular weight is 219 g/mol. The number of aromatic nitrogens is 2. The van der Waals surface area contributed by atoms with Crippen LogP contribution in [0.4, 0.5) is 10.1 Å². The fraction of sp³-hybridized carbons (Fsp3) is 0.250. The lowest BCUT2D eigenvalue weighted by atomic mass is 10.1. The summed E-state index contributed by atoms with van der Waals surface area (Å²) in [6.45, 7) is 2.91. The molecule has 0 saturated carbocycles. The van der Waals surface area contributed by atoms with Gasteiger partial charge < -0.3 is 5.73 Å². The van der Waals surface area contributed by atoms with E-state index >= 15 is 0 Å². The van der Waals surface area contributed by atoms with E-state index in [1.165, 1.54) is 6.07 Å². The molecule has 84 valence electrons. The van der Waals surface area contributed by atoms with Crippen LogP contribution in [-0.4, -0.2) is 9.78 Å². The molecule has 1 aromatic carbocycles. The number of anilines is 1. The zero-order valence-corrected chi connectivity index (χ0v) is 9.15. The van der Waals surface area contributed by atoms with E-state index < -0.39 is 0 Å². The van der Waals surface area contributed by atoms with E-state index in [1.54, 1.807) is 12.3 Å². The Hall–Kier alpha value is -1.84. The number of aryl methyl sites for hydroxylation is 1. The van der Waals surface area contributed by atoms with Gasteiger partial charge >= 0.3 is 0 Å². The number of hydrogen-bond donors (Lipinski definition) is 1. The van der Waals surface area contributed by atoms with Crippen LogP contribution >= 0.6 is 0 Å². The van der Waals surface area contributed by atoms with Crippen LogP contribution in [0.1, 0.15) is 13.3 Å². The molecule has 0 atom stereocenters. The van der Waals surface area contributed by atoms with Gasteiger partial charge in [-0.05, 0) is 24.6 Å². The highest BCUT2D eigenvalue weighted by Crippen LogP contribution is 2.22. The zero-order valence-electron chi connectivity index (χ0n) is 9.15. The lowest BCUT2D eigenvalue weighted by molar-refractivity contribution is 0.607. The molecule has 2 N–H and O–H groups in total. The van der Waals surface area contributed by atoms with Crippen LogP contribution in [-0.2, 0) is 6.54 Å². The molecule has 0 amide bonds. The molecule has 2 aromatic rings. The van der Waals surface area contributed by atoms with Crippen LogP contribution < -0.4 is 5.73 Å². The summed E-state index contributed by atoms with van der Waals surface area (Å²) in [5, 5.41) is 4.20. The highest BCUT2D eigenvalue weighted by molar-refractivity contribution is 5.62. The summed E-state index contributed by atoms with van der Waals surface area (Å²) < 4.78 is 15.2. The van der Waals surface area contributed by atoms with E-state index in [2.05, 4.69) is 12.0 Å². The third kappa shape index (κ3) is 1.91. The number of rotatable bonds is 3. The zero-order chi connectivity index (χ0) is 11.5. The Labute approximate surface area is 93.7 Å². The lowest BCUT2D eigenvalue weighted by Crippen LogP contribution is -2.01. The molecule has 0 aliphatic heterocycles. The second kappa shape index (κ2) is 4.35. The maximum absolute atomic E-state index is 13.3. The first-order valence-corrected chi connectivity index (χ1v) is 5.29. The van der Waals surface area contributed by atoms with Gasteiger partial charge in [0.25, 0.3) is 0 Å². The van der Waals surface area contributed by atoms with E-state index in [0.29, 0.717) is 0 Å². The van der Waals surface area contributed by atoms with E-state index in [1.807, 2.05) is 16.8 Å². The van der Waals surface area contributed by atoms with Crippen LogP contribution in [0.3, 0.4) is 0 Å². The number of halogens is 1. The molecule has 4 heteroatoms. The van der Waals surface area contributed by atoms with Crippen molar-refractivity contribution in [2.45, 2.75) is 19.9 Å². The molecule has 0 aliphatic carbocycles. The molecular weight excluding hydrogens is 205 g/mol. The second-order valence-corrected chi connectivity index (χ2v) is 3.68. The summed E-state index contributed by atoms with van der Waals surface area (Å²) in [6, 6.07) is 6.70. The number of benzene rings is 1. The molecule has 0 spiro atoms. The molecule has 2 rings (SSSR count). The molecule has 0 radical (unpaired) electrons. The first-order chi connectivity index (χ1) is 7.72. The van der Waals surface area contributed by atoms with Gasteiger partial charge in [0.15, 0.2) is 0 Å². The van der Waals surface area contributed by atoms with Gasteiger partial charge in [0.05, 0.1) is 11.4 Å². The highest BCUT2D eigenvalue weighted by atomic mass is 19.1. The van der Waals surface area contributed by atoms with Crippen LogP contribution in [0.25, 0.3) is 11.3 Å². The van der Waals surface area contributed by atoms with Crippen LogP contribution in [0.5, 0.6) is 0 Å². The minimum absolute atomic E-state index is 0.172. The molecule has 1 aromatic heterocycles. The highest BCUT2D eigenvalue weighted by Gasteiger charge is 2.07. The minimum Gasteiger partial charge on any atom is -0.396 e. The van der Waals surface area contributed by atoms with Crippen molar-refractivity contribution in [1.82, 2.24) is 9.78 Å². The first kappa shape index (κ1) is 10.7. The maximum Gasteiger partial charge on any atom is 0.146 e. The van der Waals surface area contributed by atoms with Crippen LogP contribution in [0.15, 0.2) is 30.5 Å². The predicted molar refractivity (Wildman–Crippen MR) is 62.3 cm³/mol. The first-order valence-electron chi connectivity index (χ1n) is 5.29. The van der Waals surface area contributed by atoms with Gasteiger partial charge in [-0.25, -0.2) is 4.39 Å². The van der Waals surface area contributed by atoms with Crippen LogP contribution in [0.2, 0.25) is 0 Å². The Bertz CT molecular complexity index is 491. The summed E-state index contributed by atoms with van der Waals surface area (Å²) in [7, 11) is 0. The standard InChI is InChI=1S/C12H14FN3/c1-2-7-16-12(5-6-15-16)9-3-4-11(14)10(13)8-9/h3-6,8H,2,7,14H2,1H3. The van der Waals surface area contributed by atoms with E-state index in [9.17, 15) is 4.39 Å². The quantitative estimate of drug-likeness (QED) is 0.806. The number of nitrogens with two attached hydrogens (primary N) is 1. The molecule has 0 bridgehead atoms. The number of nitrogen functional groups attached to an aromatic ring is 1. The Balaban J connectivity index is 2.42. The van der Waals surface area contributed by atoms with E-state index in [-0.39, 0.29) is 11.5 Å². The largest absolute Gasteiger partial charge is 0.396 e. The van der Waals surface area contributed by atoms with Crippen molar-refractivity contribution in [3.05, 3.63) is 36.3 Å². The van der Waals surface area contributed by atoms with Crippen molar-refractivity contribution >= 4 is 5.69 Å². The summed E-state index contributed by atoms with van der Waals surface area (Å²) >= 11 is 0. The molecule has 1 heterocycles. The monoisotopic (exact) mass is 219 g/mol. The Kier molecular flexibility index (Phi) is 2.90. The van der Waals surface area contributed by atoms with Crippen molar-refractivity contribution in [2.24, 2.45) is 0 Å². The third-order valence-electron chi connectivity index (χ3n) is 2.45. The van der Waals surface area contributed by atoms with Crippen molar-refractivity contribution in [1.29, 1.82) is 0 Å². The second-order valence-electron chi connectivity index (χ2n) is 3.68. The molecule has 0 aliphatic rings. The van der Waals surface area contributed by atoms with Gasteiger partial charge in [0.1, 0.15) is 5.82 Å². The van der Waals surface area contributed by atoms with Crippen LogP contribution in [0, 0.1) is 5.82 Å². The van der Waals surface area contributed by atoms with Crippen molar-refractivity contribution in [3.8, 4) is 11.3 Å². The Morgan fingerprint density at radius 1 is 1.38 bits per heavy atom. The molecule has 0 fully saturated rings. The summed E-state index contributed by atoms with van der Waals surface area (Å²) in [6.07, 6.45) is 2.71. The topological polar surface area (TPSA) is 43.8 Å². The van der Waals surface area contributed by atoms with Crippen molar-refractivity contribution < 1.29 is 4.39 Å². The summed E-state index contributed by atoms with van der Waals surface area (Å²) in [5.41, 5.74) is 7.33. The molecule has 0 unspecified atom stereocenters. The van der Waals surface area contributed by atoms with Crippen molar-refractivity contribution in [3.63, 3.8) is 0 Å². The SMILES string of the molecule is CCCn1nccc1-c1ccc(N)c(F)c1. The van der Waals surface area contributed by atoms with E-state index in [4.69, 9.17) is 5.73 Å². The molecule has 0 saturated heterocycles. The average Bonchev–Trinajstić information content (AvgIpc) is 2.71. The van der Waals surface area contributed by atoms with Gasteiger partial charge in [-0.15, -0.1) is 0 Å². The fourth-order valence-corrected chi connectivity index (χ4v) is 1.65. The summed E-state index contributed by atoms with van der Waals surface area (Å²) in [5.74, 6) is -0.387. The van der Waals surface area contributed by atoms with Gasteiger partial charge in [0, 0.05) is 18.3 Å². The van der Waals surface area contributed by atoms with Gasteiger partial charge in [-0.1, -0.05) is 13.0 Å². The molecule has 16 heavy (non-hydrogen) atoms. The normalized spacial score (nSPS) is 10.6. The predicted octanol–water partition coefficient (Wildman–Crippen LogP) is 2.68. The fourth-order valence-electron chi connectivity index (χ4n) is 1.65. The number of nitrogens with zero attached hydrogens (tertiary/aromatic N) is 2. The van der Waals surface area contributed by atoms with Crippen molar-refractivity contribution in [2.75, 3.05) is 5.73 Å². The van der Waals surface area contributed by atoms with Gasteiger partial charge in [-0.3, -0.25) is 4.68 Å². The Morgan fingerprint density at radius 3 is 2.88 bits per heavy atom. The summed E-state index contributed by atoms with van der Waals surface area (Å²) in [4.78, 5) is 0. The smallest absolute Gasteiger partial charge is 0.146 e. The minimum atomic E-state index is -0.387. The molecular formula is C12H14FN3. The van der Waals surface area contributed by atoms with E-state index in [0.717, 1.165) is 24.2 Å².